The Morgan fingerprint density at radius 1 is 0.455 bits per heavy atom. The van der Waals surface area contributed by atoms with Crippen LogP contribution in [-0.2, 0) is 61.8 Å². The number of allylic oxidation sites excluding steroid dienone is 2. The Hall–Kier alpha value is -4.73. The lowest BCUT2D eigenvalue weighted by atomic mass is 9.93. The Bertz CT molecular complexity index is 2400. The van der Waals surface area contributed by atoms with Gasteiger partial charge in [0.1, 0.15) is 128 Å². The highest BCUT2D eigenvalue weighted by Crippen LogP contribution is 2.36. The minimum atomic E-state index is -2.03. The molecule has 5 aliphatic heterocycles. The Labute approximate surface area is 507 Å². The predicted octanol–water partition coefficient (Wildman–Crippen LogP) is -6.23. The minimum absolute atomic E-state index is 0.0576. The third-order valence-electron chi connectivity index (χ3n) is 15.5. The van der Waals surface area contributed by atoms with E-state index in [4.69, 9.17) is 47.4 Å². The first kappa shape index (κ1) is 72.3. The fraction of sp³-hybridized carbons (Fsp3) is 0.768. The SMILES string of the molecule is CCCCCC/C=C\CCCOc1cccc(C(=O)NC2C(O[C@@H]3C(CO)OC(OC4C(CO)O[C@@H](O[C@@H]5C(CO)O[C@@H](OC6C(CO)OC(O)[C@@H](NC(C)=O)[C@H]6O)C(NC(C)=O)C5O)[C@@H](NC(C)=O)[C@H]4O)C(NC(C)=O)C3O)OC(CO)[C@@H](O)C2O)c1. The fourth-order valence-corrected chi connectivity index (χ4v) is 11.1. The number of nitrogens with one attached hydrogen (secondary N) is 5. The van der Waals surface area contributed by atoms with Crippen molar-refractivity contribution in [3.8, 4) is 5.75 Å². The summed E-state index contributed by atoms with van der Waals surface area (Å²) in [4.78, 5) is 64.1. The van der Waals surface area contributed by atoms with Gasteiger partial charge in [0.15, 0.2) is 31.5 Å². The number of rotatable bonds is 29. The lowest BCUT2D eigenvalue weighted by Gasteiger charge is -2.51. The first-order chi connectivity index (χ1) is 42.0. The summed E-state index contributed by atoms with van der Waals surface area (Å²) < 4.78 is 59.8. The van der Waals surface area contributed by atoms with Crippen molar-refractivity contribution in [2.75, 3.05) is 39.6 Å². The number of carbonyl (C=O) groups is 5. The molecule has 5 heterocycles. The van der Waals surface area contributed by atoms with Crippen molar-refractivity contribution in [1.82, 2.24) is 26.6 Å². The Balaban J connectivity index is 1.18. The van der Waals surface area contributed by atoms with E-state index in [9.17, 15) is 85.3 Å². The van der Waals surface area contributed by atoms with Gasteiger partial charge in [-0.3, -0.25) is 24.0 Å². The maximum absolute atomic E-state index is 13.9. The summed E-state index contributed by atoms with van der Waals surface area (Å²) in [5, 5.41) is 145. The molecule has 0 bridgehead atoms. The third kappa shape index (κ3) is 18.7. The lowest BCUT2D eigenvalue weighted by Crippen LogP contribution is -2.72. The standard InChI is InChI=1S/C56H89N5O27/c1-6-7-8-9-10-11-12-13-14-18-79-30-17-15-16-29(19-30)51(77)61-37-42(72)41(71)31(20-62)81-53(37)86-48-33(22-64)83-55(39(44(48)74)59-27(4)69)88-50-35(24-66)84-56(40(46(50)76)60-28(5)70)87-49-34(23-65)82-54(38(45(49)75)58-26(3)68)85-47-32(21-63)80-52(78)36(43(47)73)57-25(2)67/h11-12,15-17,19,31-50,52-56,62-66,71-76,78H,6-10,13-14,18,20-24H2,1-5H3,(H,57,67)(H,58,68)(H,59,69)(H,60,70)(H,61,77)/b12-11-/t31?,32?,33?,34?,35?,36-,37?,38?,39?,40-,41+,42?,43+,44?,45?,46+,47?,48+,49+,50?,52?,53?,54-,55?,56-/m0/s1. The van der Waals surface area contributed by atoms with Gasteiger partial charge in [0.25, 0.3) is 5.91 Å². The van der Waals surface area contributed by atoms with Gasteiger partial charge in [0.2, 0.25) is 23.6 Å². The molecule has 0 radical (unpaired) electrons. The summed E-state index contributed by atoms with van der Waals surface area (Å²) in [5.41, 5.74) is 0.0576. The Morgan fingerprint density at radius 2 is 0.830 bits per heavy atom. The molecular formula is C56H89N5O27. The quantitative estimate of drug-likeness (QED) is 0.0262. The summed E-state index contributed by atoms with van der Waals surface area (Å²) in [6, 6.07) is -2.18. The molecule has 88 heavy (non-hydrogen) atoms. The zero-order valence-corrected chi connectivity index (χ0v) is 49.6. The molecule has 0 aromatic heterocycles. The molecule has 5 saturated heterocycles. The van der Waals surface area contributed by atoms with E-state index >= 15 is 0 Å². The van der Waals surface area contributed by atoms with Gasteiger partial charge in [-0.1, -0.05) is 44.4 Å². The van der Waals surface area contributed by atoms with E-state index in [1.54, 1.807) is 12.1 Å². The van der Waals surface area contributed by atoms with Gasteiger partial charge in [-0.05, 0) is 43.9 Å². The van der Waals surface area contributed by atoms with Crippen molar-refractivity contribution >= 4 is 29.5 Å². The molecule has 17 N–H and O–H groups in total. The van der Waals surface area contributed by atoms with Crippen LogP contribution in [0.2, 0.25) is 0 Å². The highest BCUT2D eigenvalue weighted by Gasteiger charge is 2.58. The predicted molar refractivity (Wildman–Crippen MR) is 297 cm³/mol. The molecule has 1 aromatic carbocycles. The number of unbranched alkanes of at least 4 members (excludes halogenated alkanes) is 5. The smallest absolute Gasteiger partial charge is 0.251 e. The van der Waals surface area contributed by atoms with Crippen molar-refractivity contribution in [1.29, 1.82) is 0 Å². The molecule has 6 rings (SSSR count). The second-order valence-corrected chi connectivity index (χ2v) is 22.2. The number of carbonyl (C=O) groups excluding carboxylic acids is 5. The Kier molecular flexibility index (Phi) is 28.5. The van der Waals surface area contributed by atoms with Crippen molar-refractivity contribution in [2.24, 2.45) is 0 Å². The molecule has 32 nitrogen and oxygen atoms in total. The van der Waals surface area contributed by atoms with Crippen LogP contribution in [-0.4, -0.2) is 284 Å². The number of hydrogen-bond acceptors (Lipinski definition) is 27. The van der Waals surface area contributed by atoms with E-state index in [-0.39, 0.29) is 5.56 Å². The van der Waals surface area contributed by atoms with Crippen LogP contribution < -0.4 is 31.3 Å². The highest BCUT2D eigenvalue weighted by molar-refractivity contribution is 5.94. The van der Waals surface area contributed by atoms with Crippen LogP contribution >= 0.6 is 0 Å². The van der Waals surface area contributed by atoms with Gasteiger partial charge in [0, 0.05) is 33.3 Å². The number of benzene rings is 1. The zero-order valence-electron chi connectivity index (χ0n) is 49.6. The first-order valence-electron chi connectivity index (χ1n) is 29.5. The van der Waals surface area contributed by atoms with E-state index < -0.39 is 216 Å². The molecule has 1 aromatic rings. The summed E-state index contributed by atoms with van der Waals surface area (Å²) in [7, 11) is 0. The molecule has 0 aliphatic carbocycles. The minimum Gasteiger partial charge on any atom is -0.494 e. The van der Waals surface area contributed by atoms with Gasteiger partial charge in [-0.15, -0.1) is 0 Å². The summed E-state index contributed by atoms with van der Waals surface area (Å²) in [6.07, 6.45) is -24.4. The topological polar surface area (TPSA) is 481 Å². The molecule has 5 amide bonds. The molecule has 25 atom stereocenters. The molecule has 5 aliphatic rings. The number of amides is 5. The number of hydrogen-bond donors (Lipinski definition) is 17. The van der Waals surface area contributed by atoms with E-state index in [2.05, 4.69) is 45.7 Å². The van der Waals surface area contributed by atoms with Gasteiger partial charge in [-0.25, -0.2) is 0 Å². The third-order valence-corrected chi connectivity index (χ3v) is 15.5. The fourth-order valence-electron chi connectivity index (χ4n) is 11.1. The lowest BCUT2D eigenvalue weighted by molar-refractivity contribution is -0.367. The van der Waals surface area contributed by atoms with Crippen LogP contribution in [0.3, 0.4) is 0 Å². The largest absolute Gasteiger partial charge is 0.494 e. The average molecular weight is 1260 g/mol. The molecule has 5 fully saturated rings. The molecule has 32 heteroatoms. The molecule has 0 spiro atoms. The van der Waals surface area contributed by atoms with Gasteiger partial charge >= 0.3 is 0 Å². The maximum Gasteiger partial charge on any atom is 0.251 e. The summed E-state index contributed by atoms with van der Waals surface area (Å²) >= 11 is 0. The monoisotopic (exact) mass is 1260 g/mol. The van der Waals surface area contributed by atoms with Gasteiger partial charge < -0.3 is 135 Å². The van der Waals surface area contributed by atoms with Crippen molar-refractivity contribution < 1.29 is 133 Å². The van der Waals surface area contributed by atoms with E-state index in [0.717, 1.165) is 53.4 Å². The van der Waals surface area contributed by atoms with Crippen molar-refractivity contribution in [2.45, 2.75) is 233 Å². The van der Waals surface area contributed by atoms with Gasteiger partial charge in [0.05, 0.1) is 39.6 Å². The van der Waals surface area contributed by atoms with Crippen LogP contribution in [0, 0.1) is 0 Å². The van der Waals surface area contributed by atoms with Crippen LogP contribution in [0.5, 0.6) is 5.75 Å². The van der Waals surface area contributed by atoms with Crippen LogP contribution in [0.25, 0.3) is 0 Å². The van der Waals surface area contributed by atoms with Crippen molar-refractivity contribution in [3.63, 3.8) is 0 Å². The summed E-state index contributed by atoms with van der Waals surface area (Å²) in [6.45, 7) is 2.01. The van der Waals surface area contributed by atoms with Crippen LogP contribution in [0.15, 0.2) is 36.4 Å². The van der Waals surface area contributed by atoms with E-state index in [0.29, 0.717) is 18.8 Å². The van der Waals surface area contributed by atoms with E-state index in [1.165, 1.54) is 25.0 Å². The van der Waals surface area contributed by atoms with Gasteiger partial charge in [-0.2, -0.15) is 0 Å². The van der Waals surface area contributed by atoms with E-state index in [1.807, 2.05) is 0 Å². The second kappa shape index (κ2) is 34.6. The number of ether oxygens (including phenoxy) is 10. The maximum atomic E-state index is 13.9. The highest BCUT2D eigenvalue weighted by atomic mass is 16.8. The molecule has 500 valence electrons. The first-order valence-corrected chi connectivity index (χ1v) is 29.5. The number of aliphatic hydroxyl groups excluding tert-OH is 12. The zero-order chi connectivity index (χ0) is 64.5. The van der Waals surface area contributed by atoms with Crippen LogP contribution in [0.4, 0.5) is 0 Å². The normalized spacial score (nSPS) is 37.8. The molecular weight excluding hydrogens is 1170 g/mol. The van der Waals surface area contributed by atoms with Crippen LogP contribution in [0.1, 0.15) is 89.9 Å². The van der Waals surface area contributed by atoms with Crippen molar-refractivity contribution in [3.05, 3.63) is 42.0 Å². The molecule has 0 saturated carbocycles. The number of aliphatic hydroxyl groups is 12. The summed E-state index contributed by atoms with van der Waals surface area (Å²) in [5.74, 6) is -3.54. The average Bonchev–Trinajstić information content (AvgIpc) is 1.74. The second-order valence-electron chi connectivity index (χ2n) is 22.2. The Morgan fingerprint density at radius 3 is 1.24 bits per heavy atom. The molecule has 16 unspecified atom stereocenters.